The van der Waals surface area contributed by atoms with Gasteiger partial charge in [0.2, 0.25) is 0 Å². The molecule has 20 heavy (non-hydrogen) atoms. The third-order valence-electron chi connectivity index (χ3n) is 3.11. The van der Waals surface area contributed by atoms with Crippen LogP contribution in [0.4, 0.5) is 4.39 Å². The van der Waals surface area contributed by atoms with Gasteiger partial charge in [-0.25, -0.2) is 4.39 Å². The van der Waals surface area contributed by atoms with E-state index in [1.165, 1.54) is 13.2 Å². The number of nitrogens with one attached hydrogen (secondary N) is 1. The third-order valence-corrected chi connectivity index (χ3v) is 3.34. The molecule has 0 fully saturated rings. The summed E-state index contributed by atoms with van der Waals surface area (Å²) in [6, 6.07) is 8.63. The first-order valence-corrected chi connectivity index (χ1v) is 6.63. The number of hydrogen-bond donors (Lipinski definition) is 1. The van der Waals surface area contributed by atoms with Gasteiger partial charge in [-0.3, -0.25) is 4.98 Å². The topological polar surface area (TPSA) is 34.1 Å². The van der Waals surface area contributed by atoms with Gasteiger partial charge in [0.25, 0.3) is 0 Å². The van der Waals surface area contributed by atoms with Gasteiger partial charge in [-0.05, 0) is 43.3 Å². The smallest absolute Gasteiger partial charge is 0.165 e. The standard InChI is InChI=1S/C15H16ClFN2O/c1-18-14(13-5-4-11(16)9-19-13)8-10-3-6-15(20-2)12(17)7-10/h3-7,9,14,18H,8H2,1-2H3. The van der Waals surface area contributed by atoms with E-state index in [4.69, 9.17) is 16.3 Å². The minimum Gasteiger partial charge on any atom is -0.494 e. The van der Waals surface area contributed by atoms with E-state index in [2.05, 4.69) is 10.3 Å². The number of aromatic nitrogens is 1. The van der Waals surface area contributed by atoms with Gasteiger partial charge >= 0.3 is 0 Å². The average Bonchev–Trinajstić information content (AvgIpc) is 2.46. The van der Waals surface area contributed by atoms with Crippen LogP contribution in [0.15, 0.2) is 36.5 Å². The normalized spacial score (nSPS) is 12.2. The molecule has 0 aliphatic carbocycles. The highest BCUT2D eigenvalue weighted by Gasteiger charge is 2.13. The van der Waals surface area contributed by atoms with Gasteiger partial charge in [-0.1, -0.05) is 17.7 Å². The van der Waals surface area contributed by atoms with Crippen molar-refractivity contribution in [2.75, 3.05) is 14.2 Å². The van der Waals surface area contributed by atoms with E-state index in [0.29, 0.717) is 11.4 Å². The van der Waals surface area contributed by atoms with Crippen LogP contribution in [-0.2, 0) is 6.42 Å². The number of nitrogens with zero attached hydrogens (tertiary/aromatic N) is 1. The van der Waals surface area contributed by atoms with Crippen molar-refractivity contribution in [2.24, 2.45) is 0 Å². The maximum absolute atomic E-state index is 13.7. The molecule has 2 aromatic rings. The Morgan fingerprint density at radius 3 is 2.70 bits per heavy atom. The summed E-state index contributed by atoms with van der Waals surface area (Å²) in [5.41, 5.74) is 1.74. The van der Waals surface area contributed by atoms with Crippen molar-refractivity contribution in [2.45, 2.75) is 12.5 Å². The third kappa shape index (κ3) is 3.46. The van der Waals surface area contributed by atoms with Crippen molar-refractivity contribution in [1.29, 1.82) is 0 Å². The lowest BCUT2D eigenvalue weighted by Gasteiger charge is -2.16. The number of ether oxygens (including phenoxy) is 1. The molecule has 0 spiro atoms. The maximum Gasteiger partial charge on any atom is 0.165 e. The molecule has 1 unspecified atom stereocenters. The van der Waals surface area contributed by atoms with E-state index in [1.54, 1.807) is 18.3 Å². The average molecular weight is 295 g/mol. The SMILES string of the molecule is CNC(Cc1ccc(OC)c(F)c1)c1ccc(Cl)cn1. The molecule has 0 aliphatic rings. The van der Waals surface area contributed by atoms with Gasteiger partial charge in [-0.2, -0.15) is 0 Å². The minimum atomic E-state index is -0.357. The maximum atomic E-state index is 13.7. The second-order valence-corrected chi connectivity index (χ2v) is 4.85. The second kappa shape index (κ2) is 6.68. The second-order valence-electron chi connectivity index (χ2n) is 4.42. The molecule has 2 rings (SSSR count). The lowest BCUT2D eigenvalue weighted by atomic mass is 10.0. The number of likely N-dealkylation sites (N-methyl/N-ethyl adjacent to an activating group) is 1. The Hall–Kier alpha value is -1.65. The van der Waals surface area contributed by atoms with Crippen LogP contribution in [0.1, 0.15) is 17.3 Å². The first-order chi connectivity index (χ1) is 9.63. The summed E-state index contributed by atoms with van der Waals surface area (Å²) < 4.78 is 18.6. The molecule has 0 saturated heterocycles. The lowest BCUT2D eigenvalue weighted by molar-refractivity contribution is 0.386. The molecular weight excluding hydrogens is 279 g/mol. The number of hydrogen-bond acceptors (Lipinski definition) is 3. The fourth-order valence-corrected chi connectivity index (χ4v) is 2.13. The predicted octanol–water partition coefficient (Wildman–Crippen LogP) is 3.39. The Morgan fingerprint density at radius 2 is 2.15 bits per heavy atom. The molecule has 0 aliphatic heterocycles. The molecule has 0 radical (unpaired) electrons. The molecule has 1 atom stereocenters. The molecule has 0 amide bonds. The van der Waals surface area contributed by atoms with Crippen LogP contribution < -0.4 is 10.1 Å². The summed E-state index contributed by atoms with van der Waals surface area (Å²) >= 11 is 5.83. The summed E-state index contributed by atoms with van der Waals surface area (Å²) in [5.74, 6) is -0.108. The number of halogens is 2. The molecule has 1 N–H and O–H groups in total. The molecule has 0 bridgehead atoms. The minimum absolute atomic E-state index is 0.0000570. The van der Waals surface area contributed by atoms with Crippen molar-refractivity contribution in [3.05, 3.63) is 58.6 Å². The molecule has 1 aromatic carbocycles. The highest BCUT2D eigenvalue weighted by Crippen LogP contribution is 2.22. The molecule has 1 heterocycles. The monoisotopic (exact) mass is 294 g/mol. The van der Waals surface area contributed by atoms with Crippen molar-refractivity contribution < 1.29 is 9.13 Å². The Morgan fingerprint density at radius 1 is 1.35 bits per heavy atom. The summed E-state index contributed by atoms with van der Waals surface area (Å²) in [6.07, 6.45) is 2.24. The first-order valence-electron chi connectivity index (χ1n) is 6.25. The van der Waals surface area contributed by atoms with Crippen molar-refractivity contribution in [1.82, 2.24) is 10.3 Å². The van der Waals surface area contributed by atoms with E-state index in [1.807, 2.05) is 19.2 Å². The molecule has 0 saturated carbocycles. The Bertz CT molecular complexity index is 575. The van der Waals surface area contributed by atoms with E-state index in [-0.39, 0.29) is 17.6 Å². The van der Waals surface area contributed by atoms with Gasteiger partial charge in [0.15, 0.2) is 11.6 Å². The largest absolute Gasteiger partial charge is 0.494 e. The number of methoxy groups -OCH3 is 1. The van der Waals surface area contributed by atoms with Crippen molar-refractivity contribution in [3.8, 4) is 5.75 Å². The molecular formula is C15H16ClFN2O. The fourth-order valence-electron chi connectivity index (χ4n) is 2.02. The molecule has 106 valence electrons. The Labute approximate surface area is 122 Å². The summed E-state index contributed by atoms with van der Waals surface area (Å²) in [5, 5.41) is 3.77. The van der Waals surface area contributed by atoms with Gasteiger partial charge < -0.3 is 10.1 Å². The van der Waals surface area contributed by atoms with E-state index in [9.17, 15) is 4.39 Å². The van der Waals surface area contributed by atoms with E-state index >= 15 is 0 Å². The number of pyridine rings is 1. The van der Waals surface area contributed by atoms with Gasteiger partial charge in [-0.15, -0.1) is 0 Å². The molecule has 1 aromatic heterocycles. The van der Waals surface area contributed by atoms with Crippen LogP contribution in [-0.4, -0.2) is 19.1 Å². The summed E-state index contributed by atoms with van der Waals surface area (Å²) in [6.45, 7) is 0. The Kier molecular flexibility index (Phi) is 4.93. The molecule has 3 nitrogen and oxygen atoms in total. The summed E-state index contributed by atoms with van der Waals surface area (Å²) in [4.78, 5) is 4.29. The van der Waals surface area contributed by atoms with Crippen LogP contribution in [0.5, 0.6) is 5.75 Å². The van der Waals surface area contributed by atoms with Crippen LogP contribution in [0.3, 0.4) is 0 Å². The van der Waals surface area contributed by atoms with Crippen molar-refractivity contribution in [3.63, 3.8) is 0 Å². The van der Waals surface area contributed by atoms with Crippen LogP contribution in [0.25, 0.3) is 0 Å². The zero-order chi connectivity index (χ0) is 14.5. The van der Waals surface area contributed by atoms with E-state index < -0.39 is 0 Å². The Balaban J connectivity index is 2.17. The number of rotatable bonds is 5. The van der Waals surface area contributed by atoms with Gasteiger partial charge in [0.1, 0.15) is 0 Å². The lowest BCUT2D eigenvalue weighted by Crippen LogP contribution is -2.20. The van der Waals surface area contributed by atoms with Gasteiger partial charge in [0.05, 0.1) is 23.9 Å². The zero-order valence-corrected chi connectivity index (χ0v) is 12.1. The van der Waals surface area contributed by atoms with Gasteiger partial charge in [0, 0.05) is 6.20 Å². The van der Waals surface area contributed by atoms with Crippen molar-refractivity contribution >= 4 is 11.6 Å². The summed E-state index contributed by atoms with van der Waals surface area (Å²) in [7, 11) is 3.30. The highest BCUT2D eigenvalue weighted by molar-refractivity contribution is 6.30. The predicted molar refractivity (Wildman–Crippen MR) is 77.7 cm³/mol. The zero-order valence-electron chi connectivity index (χ0n) is 11.4. The highest BCUT2D eigenvalue weighted by atomic mass is 35.5. The number of benzene rings is 1. The molecule has 5 heteroatoms. The fraction of sp³-hybridized carbons (Fsp3) is 0.267. The first kappa shape index (κ1) is 14.8. The van der Waals surface area contributed by atoms with Crippen LogP contribution >= 0.6 is 11.6 Å². The van der Waals surface area contributed by atoms with Crippen LogP contribution in [0, 0.1) is 5.82 Å². The van der Waals surface area contributed by atoms with Crippen LogP contribution in [0.2, 0.25) is 5.02 Å². The quantitative estimate of drug-likeness (QED) is 0.918. The van der Waals surface area contributed by atoms with E-state index in [0.717, 1.165) is 11.3 Å².